The highest BCUT2D eigenvalue weighted by Gasteiger charge is 2.59. The van der Waals surface area contributed by atoms with Gasteiger partial charge in [0, 0.05) is 6.61 Å². The molecule has 1 nitrogen and oxygen atoms in total. The highest BCUT2D eigenvalue weighted by molar-refractivity contribution is 5.08. The van der Waals surface area contributed by atoms with Crippen molar-refractivity contribution >= 4 is 0 Å². The van der Waals surface area contributed by atoms with Gasteiger partial charge in [0.1, 0.15) is 0 Å². The van der Waals surface area contributed by atoms with Crippen LogP contribution in [0, 0.1) is 35.5 Å². The standard InChI is InChI=1S/C11H18O/c1-6-9-4-7-2-3-8(7)11(9)10(6)5-12/h6-12H,2-5H2,1H3/t6?,7-,8?,9?,10?,11?/m1/s1. The highest BCUT2D eigenvalue weighted by Crippen LogP contribution is 2.65. The van der Waals surface area contributed by atoms with Gasteiger partial charge >= 0.3 is 0 Å². The Hall–Kier alpha value is -0.0400. The molecule has 0 spiro atoms. The van der Waals surface area contributed by atoms with E-state index in [4.69, 9.17) is 0 Å². The van der Waals surface area contributed by atoms with E-state index in [0.29, 0.717) is 12.5 Å². The monoisotopic (exact) mass is 166 g/mol. The van der Waals surface area contributed by atoms with E-state index < -0.39 is 0 Å². The first-order valence-electron chi connectivity index (χ1n) is 5.43. The van der Waals surface area contributed by atoms with Gasteiger partial charge in [0.25, 0.3) is 0 Å². The summed E-state index contributed by atoms with van der Waals surface area (Å²) in [5.74, 6) is 5.53. The number of aliphatic hydroxyl groups is 1. The SMILES string of the molecule is CC1C(CO)C2C1C[C@H]1CCC21. The molecule has 0 aromatic heterocycles. The lowest BCUT2D eigenvalue weighted by Crippen LogP contribution is -2.47. The topological polar surface area (TPSA) is 20.2 Å². The summed E-state index contributed by atoms with van der Waals surface area (Å²) >= 11 is 0. The number of aliphatic hydroxyl groups excluding tert-OH is 1. The lowest BCUT2D eigenvalue weighted by Gasteiger charge is -2.50. The van der Waals surface area contributed by atoms with Crippen LogP contribution in [0.2, 0.25) is 0 Å². The summed E-state index contributed by atoms with van der Waals surface area (Å²) in [6, 6.07) is 0. The van der Waals surface area contributed by atoms with E-state index in [2.05, 4.69) is 6.92 Å². The van der Waals surface area contributed by atoms with Crippen molar-refractivity contribution in [2.75, 3.05) is 6.61 Å². The minimum Gasteiger partial charge on any atom is -0.396 e. The first-order valence-corrected chi connectivity index (χ1v) is 5.43. The van der Waals surface area contributed by atoms with Crippen molar-refractivity contribution in [2.45, 2.75) is 26.2 Å². The van der Waals surface area contributed by atoms with Gasteiger partial charge in [0.05, 0.1) is 0 Å². The molecule has 3 aliphatic carbocycles. The fraction of sp³-hybridized carbons (Fsp3) is 1.00. The molecule has 0 aliphatic heterocycles. The van der Waals surface area contributed by atoms with Crippen LogP contribution in [0.3, 0.4) is 0 Å². The maximum Gasteiger partial charge on any atom is 0.0464 e. The molecule has 1 N–H and O–H groups in total. The van der Waals surface area contributed by atoms with Gasteiger partial charge in [-0.3, -0.25) is 0 Å². The first kappa shape index (κ1) is 7.37. The lowest BCUT2D eigenvalue weighted by molar-refractivity contribution is -0.0534. The molecule has 6 atom stereocenters. The van der Waals surface area contributed by atoms with E-state index in [0.717, 1.165) is 29.6 Å². The van der Waals surface area contributed by atoms with Crippen molar-refractivity contribution in [1.82, 2.24) is 0 Å². The Labute approximate surface area is 74.2 Å². The molecule has 68 valence electrons. The largest absolute Gasteiger partial charge is 0.396 e. The molecule has 0 amide bonds. The molecule has 3 saturated carbocycles. The second kappa shape index (κ2) is 2.25. The van der Waals surface area contributed by atoms with Gasteiger partial charge < -0.3 is 5.11 Å². The molecule has 0 aromatic rings. The summed E-state index contributed by atoms with van der Waals surface area (Å²) in [4.78, 5) is 0. The Morgan fingerprint density at radius 2 is 2.08 bits per heavy atom. The van der Waals surface area contributed by atoms with Crippen molar-refractivity contribution < 1.29 is 5.11 Å². The maximum absolute atomic E-state index is 9.23. The summed E-state index contributed by atoms with van der Waals surface area (Å²) in [5, 5.41) is 9.23. The maximum atomic E-state index is 9.23. The van der Waals surface area contributed by atoms with Crippen LogP contribution >= 0.6 is 0 Å². The molecule has 3 aliphatic rings. The number of hydrogen-bond acceptors (Lipinski definition) is 1. The molecular weight excluding hydrogens is 148 g/mol. The van der Waals surface area contributed by atoms with Crippen LogP contribution in [-0.2, 0) is 0 Å². The molecule has 0 saturated heterocycles. The van der Waals surface area contributed by atoms with Crippen LogP contribution in [0.25, 0.3) is 0 Å². The Morgan fingerprint density at radius 1 is 1.25 bits per heavy atom. The van der Waals surface area contributed by atoms with Crippen LogP contribution in [0.1, 0.15) is 26.2 Å². The zero-order valence-corrected chi connectivity index (χ0v) is 7.74. The molecule has 0 heterocycles. The predicted molar refractivity (Wildman–Crippen MR) is 47.6 cm³/mol. The zero-order valence-electron chi connectivity index (χ0n) is 7.74. The second-order valence-electron chi connectivity index (χ2n) is 5.18. The molecular formula is C11H18O. The van der Waals surface area contributed by atoms with E-state index >= 15 is 0 Å². The van der Waals surface area contributed by atoms with Gasteiger partial charge in [-0.05, 0) is 54.8 Å². The third-order valence-electron chi connectivity index (χ3n) is 5.10. The molecule has 5 unspecified atom stereocenters. The fourth-order valence-electron chi connectivity index (χ4n) is 4.23. The van der Waals surface area contributed by atoms with Gasteiger partial charge in [0.15, 0.2) is 0 Å². The summed E-state index contributed by atoms with van der Waals surface area (Å²) in [6.07, 6.45) is 4.45. The van der Waals surface area contributed by atoms with E-state index in [-0.39, 0.29) is 0 Å². The summed E-state index contributed by atoms with van der Waals surface area (Å²) in [7, 11) is 0. The highest BCUT2D eigenvalue weighted by atomic mass is 16.3. The van der Waals surface area contributed by atoms with Crippen molar-refractivity contribution in [2.24, 2.45) is 35.5 Å². The van der Waals surface area contributed by atoms with Crippen molar-refractivity contribution in [3.05, 3.63) is 0 Å². The quantitative estimate of drug-likeness (QED) is 0.631. The summed E-state index contributed by atoms with van der Waals surface area (Å²) in [5.41, 5.74) is 0. The van der Waals surface area contributed by atoms with Gasteiger partial charge in [-0.1, -0.05) is 6.92 Å². The Kier molecular flexibility index (Phi) is 1.39. The minimum atomic E-state index is 0.450. The average Bonchev–Trinajstić information content (AvgIpc) is 2.22. The van der Waals surface area contributed by atoms with Crippen molar-refractivity contribution in [3.63, 3.8) is 0 Å². The van der Waals surface area contributed by atoms with Gasteiger partial charge in [-0.15, -0.1) is 0 Å². The Morgan fingerprint density at radius 3 is 2.67 bits per heavy atom. The predicted octanol–water partition coefficient (Wildman–Crippen LogP) is 1.91. The Bertz CT molecular complexity index is 195. The van der Waals surface area contributed by atoms with Crippen LogP contribution < -0.4 is 0 Å². The third kappa shape index (κ3) is 0.654. The van der Waals surface area contributed by atoms with Crippen LogP contribution in [0.5, 0.6) is 0 Å². The molecule has 1 heteroatoms. The molecule has 12 heavy (non-hydrogen) atoms. The third-order valence-corrected chi connectivity index (χ3v) is 5.10. The molecule has 0 radical (unpaired) electrons. The van der Waals surface area contributed by atoms with Crippen molar-refractivity contribution in [1.29, 1.82) is 0 Å². The average molecular weight is 166 g/mol. The van der Waals surface area contributed by atoms with Gasteiger partial charge in [-0.2, -0.15) is 0 Å². The second-order valence-corrected chi connectivity index (χ2v) is 5.18. The van der Waals surface area contributed by atoms with E-state index in [9.17, 15) is 5.11 Å². The molecule has 3 rings (SSSR count). The Balaban J connectivity index is 1.80. The lowest BCUT2D eigenvalue weighted by atomic mass is 9.55. The zero-order chi connectivity index (χ0) is 8.29. The van der Waals surface area contributed by atoms with Gasteiger partial charge in [0.2, 0.25) is 0 Å². The normalized spacial score (nSPS) is 61.5. The van der Waals surface area contributed by atoms with Gasteiger partial charge in [-0.25, -0.2) is 0 Å². The van der Waals surface area contributed by atoms with Crippen LogP contribution in [0.4, 0.5) is 0 Å². The van der Waals surface area contributed by atoms with E-state index in [1.165, 1.54) is 19.3 Å². The van der Waals surface area contributed by atoms with E-state index in [1.54, 1.807) is 0 Å². The summed E-state index contributed by atoms with van der Waals surface area (Å²) in [6.45, 7) is 2.79. The molecule has 0 bridgehead atoms. The number of fused-ring (bicyclic) bond motifs is 3. The number of hydrogen-bond donors (Lipinski definition) is 1. The van der Waals surface area contributed by atoms with Crippen molar-refractivity contribution in [3.8, 4) is 0 Å². The smallest absolute Gasteiger partial charge is 0.0464 e. The summed E-state index contributed by atoms with van der Waals surface area (Å²) < 4.78 is 0. The fourth-order valence-corrected chi connectivity index (χ4v) is 4.23. The van der Waals surface area contributed by atoms with Crippen LogP contribution in [-0.4, -0.2) is 11.7 Å². The first-order chi connectivity index (χ1) is 5.83. The molecule has 3 fully saturated rings. The van der Waals surface area contributed by atoms with Crippen LogP contribution in [0.15, 0.2) is 0 Å². The number of rotatable bonds is 1. The van der Waals surface area contributed by atoms with E-state index in [1.807, 2.05) is 0 Å². The molecule has 0 aromatic carbocycles. The minimum absolute atomic E-state index is 0.450.